The lowest BCUT2D eigenvalue weighted by atomic mass is 10.3. The van der Waals surface area contributed by atoms with E-state index in [1.54, 1.807) is 13.8 Å². The van der Waals surface area contributed by atoms with Gasteiger partial charge in [-0.05, 0) is 20.3 Å². The zero-order valence-electron chi connectivity index (χ0n) is 15.3. The Morgan fingerprint density at radius 2 is 1.40 bits per heavy atom. The first kappa shape index (κ1) is 27.4. The van der Waals surface area contributed by atoms with Gasteiger partial charge in [0.2, 0.25) is 0 Å². The van der Waals surface area contributed by atoms with E-state index in [-0.39, 0.29) is 19.2 Å². The molecule has 0 atom stereocenters. The molecule has 0 bridgehead atoms. The number of esters is 2. The number of unbranched alkanes of at least 4 members (excludes halogenated alkanes) is 1. The number of aliphatic carboxylic acids is 1. The molecular weight excluding hydrogens is 328 g/mol. The maximum atomic E-state index is 10.3. The summed E-state index contributed by atoms with van der Waals surface area (Å²) in [6, 6.07) is 0. The minimum atomic E-state index is -0.875. The van der Waals surface area contributed by atoms with Crippen molar-refractivity contribution < 1.29 is 34.1 Å². The molecule has 0 aromatic rings. The van der Waals surface area contributed by atoms with Crippen LogP contribution in [0.5, 0.6) is 0 Å². The van der Waals surface area contributed by atoms with Gasteiger partial charge in [0.05, 0.1) is 13.2 Å². The van der Waals surface area contributed by atoms with E-state index in [0.29, 0.717) is 13.0 Å². The Hall–Kier alpha value is -2.41. The molecule has 0 rings (SSSR count). The summed E-state index contributed by atoms with van der Waals surface area (Å²) in [7, 11) is 0. The Kier molecular flexibility index (Phi) is 23.7. The number of aliphatic hydroxyl groups is 1. The fourth-order valence-corrected chi connectivity index (χ4v) is 0.919. The number of hydrogen-bond acceptors (Lipinski definition) is 6. The van der Waals surface area contributed by atoms with Crippen LogP contribution in [0.4, 0.5) is 0 Å². The van der Waals surface area contributed by atoms with Crippen molar-refractivity contribution in [1.29, 1.82) is 0 Å². The van der Waals surface area contributed by atoms with Gasteiger partial charge in [-0.15, -0.1) is 0 Å². The minimum Gasteiger partial charge on any atom is -0.478 e. The van der Waals surface area contributed by atoms with Crippen LogP contribution in [0.25, 0.3) is 0 Å². The topological polar surface area (TPSA) is 110 Å². The highest BCUT2D eigenvalue weighted by atomic mass is 16.5. The first-order chi connectivity index (χ1) is 11.7. The fourth-order valence-electron chi connectivity index (χ4n) is 0.919. The van der Waals surface area contributed by atoms with Crippen molar-refractivity contribution in [3.63, 3.8) is 0 Å². The Morgan fingerprint density at radius 1 is 0.960 bits per heavy atom. The molecule has 0 spiro atoms. The molecule has 0 unspecified atom stereocenters. The van der Waals surface area contributed by atoms with Gasteiger partial charge in [0.1, 0.15) is 0 Å². The lowest BCUT2D eigenvalue weighted by molar-refractivity contribution is -0.138. The molecule has 25 heavy (non-hydrogen) atoms. The van der Waals surface area contributed by atoms with Crippen molar-refractivity contribution in [2.45, 2.75) is 40.0 Å². The molecule has 0 aliphatic heterocycles. The lowest BCUT2D eigenvalue weighted by Crippen LogP contribution is -2.02. The molecule has 0 amide bonds. The largest absolute Gasteiger partial charge is 0.478 e. The SMILES string of the molecule is C=CC(=O)OCCCC.C=CC(=O)OCCCO.CC(C)=CC(=O)O. The molecular formula is C18H30O7. The molecule has 0 aliphatic carbocycles. The van der Waals surface area contributed by atoms with Gasteiger partial charge < -0.3 is 19.7 Å². The third-order valence-corrected chi connectivity index (χ3v) is 2.03. The zero-order chi connectivity index (χ0) is 20.1. The van der Waals surface area contributed by atoms with Crippen LogP contribution in [-0.4, -0.2) is 47.9 Å². The Labute approximate surface area is 149 Å². The summed E-state index contributed by atoms with van der Waals surface area (Å²) in [4.78, 5) is 30.3. The van der Waals surface area contributed by atoms with Crippen molar-refractivity contribution in [3.8, 4) is 0 Å². The van der Waals surface area contributed by atoms with Gasteiger partial charge in [-0.1, -0.05) is 32.1 Å². The van der Waals surface area contributed by atoms with Gasteiger partial charge in [0.25, 0.3) is 0 Å². The van der Waals surface area contributed by atoms with Crippen LogP contribution >= 0.6 is 0 Å². The Balaban J connectivity index is -0.000000293. The third kappa shape index (κ3) is 34.1. The summed E-state index contributed by atoms with van der Waals surface area (Å²) in [6.07, 6.45) is 5.90. The summed E-state index contributed by atoms with van der Waals surface area (Å²) >= 11 is 0. The van der Waals surface area contributed by atoms with Crippen LogP contribution in [0.3, 0.4) is 0 Å². The van der Waals surface area contributed by atoms with Crippen LogP contribution in [0.15, 0.2) is 37.0 Å². The molecule has 0 aromatic carbocycles. The van der Waals surface area contributed by atoms with Gasteiger partial charge in [0.15, 0.2) is 0 Å². The summed E-state index contributed by atoms with van der Waals surface area (Å²) < 4.78 is 9.19. The number of rotatable bonds is 9. The van der Waals surface area contributed by atoms with Gasteiger partial charge in [-0.3, -0.25) is 0 Å². The molecule has 2 N–H and O–H groups in total. The quantitative estimate of drug-likeness (QED) is 0.370. The highest BCUT2D eigenvalue weighted by Gasteiger charge is 1.92. The third-order valence-electron chi connectivity index (χ3n) is 2.03. The average molecular weight is 358 g/mol. The number of carbonyl (C=O) groups is 3. The molecule has 0 aromatic heterocycles. The van der Waals surface area contributed by atoms with Crippen LogP contribution in [0.1, 0.15) is 40.0 Å². The van der Waals surface area contributed by atoms with E-state index >= 15 is 0 Å². The molecule has 7 nitrogen and oxygen atoms in total. The van der Waals surface area contributed by atoms with Crippen LogP contribution in [-0.2, 0) is 23.9 Å². The minimum absolute atomic E-state index is 0.0461. The number of carbonyl (C=O) groups excluding carboxylic acids is 2. The normalized spacial score (nSPS) is 8.32. The van der Waals surface area contributed by atoms with Gasteiger partial charge in [0, 0.05) is 31.3 Å². The van der Waals surface area contributed by atoms with Crippen LogP contribution in [0.2, 0.25) is 0 Å². The van der Waals surface area contributed by atoms with E-state index in [2.05, 4.69) is 22.6 Å². The number of ether oxygens (including phenoxy) is 2. The number of aliphatic hydroxyl groups excluding tert-OH is 1. The predicted octanol–water partition coefficient (Wildman–Crippen LogP) is 2.65. The van der Waals surface area contributed by atoms with Gasteiger partial charge >= 0.3 is 17.9 Å². The van der Waals surface area contributed by atoms with E-state index in [0.717, 1.165) is 24.5 Å². The maximum Gasteiger partial charge on any atom is 0.330 e. The molecule has 7 heteroatoms. The van der Waals surface area contributed by atoms with Gasteiger partial charge in [-0.25, -0.2) is 14.4 Å². The van der Waals surface area contributed by atoms with Crippen molar-refractivity contribution in [2.75, 3.05) is 19.8 Å². The first-order valence-electron chi connectivity index (χ1n) is 7.82. The Bertz CT molecular complexity index is 395. The molecule has 144 valence electrons. The molecule has 0 saturated carbocycles. The van der Waals surface area contributed by atoms with Crippen molar-refractivity contribution in [1.82, 2.24) is 0 Å². The molecule has 0 heterocycles. The smallest absolute Gasteiger partial charge is 0.330 e. The molecule has 0 aliphatic rings. The van der Waals surface area contributed by atoms with E-state index in [1.165, 1.54) is 12.2 Å². The summed E-state index contributed by atoms with van der Waals surface area (Å²) in [5, 5.41) is 16.2. The van der Waals surface area contributed by atoms with Crippen molar-refractivity contribution in [2.24, 2.45) is 0 Å². The lowest BCUT2D eigenvalue weighted by Gasteiger charge is -1.97. The molecule has 0 saturated heterocycles. The molecule has 0 fully saturated rings. The maximum absolute atomic E-state index is 10.3. The second kappa shape index (κ2) is 21.6. The monoisotopic (exact) mass is 358 g/mol. The number of allylic oxidation sites excluding steroid dienone is 1. The number of carboxylic acid groups (broad SMARTS) is 1. The van der Waals surface area contributed by atoms with E-state index in [1.807, 2.05) is 6.92 Å². The number of hydrogen-bond donors (Lipinski definition) is 2. The van der Waals surface area contributed by atoms with Crippen molar-refractivity contribution >= 4 is 17.9 Å². The molecule has 0 radical (unpaired) electrons. The predicted molar refractivity (Wildman–Crippen MR) is 96.0 cm³/mol. The van der Waals surface area contributed by atoms with E-state index in [4.69, 9.17) is 10.2 Å². The van der Waals surface area contributed by atoms with Crippen LogP contribution in [0, 0.1) is 0 Å². The second-order valence-electron chi connectivity index (χ2n) is 4.73. The average Bonchev–Trinajstić information content (AvgIpc) is 2.54. The zero-order valence-corrected chi connectivity index (χ0v) is 15.3. The standard InChI is InChI=1S/C7H12O2.C6H10O3.C5H8O2/c1-3-5-6-9-7(8)4-2;1-2-6(8)9-5-3-4-7;1-4(2)3-5(6)7/h4H,2-3,5-6H2,1H3;2,7H,1,3-5H2;3H,1-2H3,(H,6,7). The number of carboxylic acids is 1. The first-order valence-corrected chi connectivity index (χ1v) is 7.82. The van der Waals surface area contributed by atoms with Crippen molar-refractivity contribution in [3.05, 3.63) is 37.0 Å². The highest BCUT2D eigenvalue weighted by molar-refractivity contribution is 5.81. The van der Waals surface area contributed by atoms with Crippen LogP contribution < -0.4 is 0 Å². The summed E-state index contributed by atoms with van der Waals surface area (Å²) in [6.45, 7) is 12.8. The van der Waals surface area contributed by atoms with E-state index in [9.17, 15) is 14.4 Å². The van der Waals surface area contributed by atoms with Gasteiger partial charge in [-0.2, -0.15) is 0 Å². The second-order valence-corrected chi connectivity index (χ2v) is 4.73. The Morgan fingerprint density at radius 3 is 1.64 bits per heavy atom. The highest BCUT2D eigenvalue weighted by Crippen LogP contribution is 1.88. The fraction of sp³-hybridized carbons (Fsp3) is 0.500. The van der Waals surface area contributed by atoms with E-state index < -0.39 is 11.9 Å². The summed E-state index contributed by atoms with van der Waals surface area (Å²) in [5.74, 6) is -1.65. The summed E-state index contributed by atoms with van der Waals surface area (Å²) in [5.41, 5.74) is 0.813.